The number of nitrogens with one attached hydrogen (secondary N) is 1. The lowest BCUT2D eigenvalue weighted by atomic mass is 10.2. The second-order valence-electron chi connectivity index (χ2n) is 4.21. The highest BCUT2D eigenvalue weighted by atomic mass is 79.9. The van der Waals surface area contributed by atoms with E-state index in [0.717, 1.165) is 41.0 Å². The molecule has 0 fully saturated rings. The highest BCUT2D eigenvalue weighted by molar-refractivity contribution is 9.10. The molecule has 100 valence electrons. The van der Waals surface area contributed by atoms with Crippen molar-refractivity contribution >= 4 is 21.6 Å². The van der Waals surface area contributed by atoms with Gasteiger partial charge in [0, 0.05) is 23.4 Å². The van der Waals surface area contributed by atoms with Gasteiger partial charge in [0.1, 0.15) is 5.75 Å². The van der Waals surface area contributed by atoms with Crippen LogP contribution in [0.4, 0.5) is 5.69 Å². The molecule has 1 N–H and O–H groups in total. The van der Waals surface area contributed by atoms with Gasteiger partial charge in [0.2, 0.25) is 0 Å². The maximum atomic E-state index is 5.71. The van der Waals surface area contributed by atoms with E-state index in [1.54, 1.807) is 6.20 Å². The van der Waals surface area contributed by atoms with Crippen molar-refractivity contribution in [1.82, 2.24) is 4.98 Å². The van der Waals surface area contributed by atoms with Gasteiger partial charge in [-0.15, -0.1) is 0 Å². The summed E-state index contributed by atoms with van der Waals surface area (Å²) in [5.41, 5.74) is 2.13. The molecule has 0 saturated heterocycles. The second-order valence-corrected chi connectivity index (χ2v) is 5.13. The summed E-state index contributed by atoms with van der Waals surface area (Å²) in [7, 11) is 0. The second kappa shape index (κ2) is 7.14. The molecule has 0 saturated carbocycles. The summed E-state index contributed by atoms with van der Waals surface area (Å²) in [6.07, 6.45) is 4.64. The number of benzene rings is 1. The summed E-state index contributed by atoms with van der Waals surface area (Å²) in [6, 6.07) is 10.0. The normalized spacial score (nSPS) is 10.2. The molecule has 1 aromatic carbocycles. The topological polar surface area (TPSA) is 34.1 Å². The molecular formula is C15H17BrN2O. The lowest BCUT2D eigenvalue weighted by Gasteiger charge is -2.12. The molecule has 0 amide bonds. The molecule has 0 atom stereocenters. The standard InChI is InChI=1S/C15H17BrN2O/c1-2-7-19-15-6-4-3-5-14(15)18-10-12-8-13(16)11-17-9-12/h3-6,8-9,11,18H,2,7,10H2,1H3. The van der Waals surface area contributed by atoms with Crippen molar-refractivity contribution in [3.05, 3.63) is 52.8 Å². The van der Waals surface area contributed by atoms with E-state index in [2.05, 4.69) is 39.2 Å². The molecule has 0 radical (unpaired) electrons. The number of hydrogen-bond acceptors (Lipinski definition) is 3. The maximum absolute atomic E-state index is 5.71. The zero-order valence-corrected chi connectivity index (χ0v) is 12.5. The predicted molar refractivity (Wildman–Crippen MR) is 81.5 cm³/mol. The summed E-state index contributed by atoms with van der Waals surface area (Å²) < 4.78 is 6.70. The number of ether oxygens (including phenoxy) is 1. The fourth-order valence-electron chi connectivity index (χ4n) is 1.70. The highest BCUT2D eigenvalue weighted by Crippen LogP contribution is 2.24. The number of hydrogen-bond donors (Lipinski definition) is 1. The fraction of sp³-hybridized carbons (Fsp3) is 0.267. The van der Waals surface area contributed by atoms with Crippen molar-refractivity contribution in [3.8, 4) is 5.75 Å². The number of para-hydroxylation sites is 2. The molecule has 4 heteroatoms. The molecule has 1 heterocycles. The smallest absolute Gasteiger partial charge is 0.142 e. The monoisotopic (exact) mass is 320 g/mol. The van der Waals surface area contributed by atoms with Gasteiger partial charge in [-0.2, -0.15) is 0 Å². The maximum Gasteiger partial charge on any atom is 0.142 e. The minimum absolute atomic E-state index is 0.721. The Bertz CT molecular complexity index is 531. The van der Waals surface area contributed by atoms with Crippen LogP contribution in [-0.2, 0) is 6.54 Å². The minimum Gasteiger partial charge on any atom is -0.491 e. The van der Waals surface area contributed by atoms with Crippen LogP contribution in [0, 0.1) is 0 Å². The fourth-order valence-corrected chi connectivity index (χ4v) is 2.11. The molecule has 0 bridgehead atoms. The number of pyridine rings is 1. The first kappa shape index (κ1) is 13.9. The number of anilines is 1. The van der Waals surface area contributed by atoms with Crippen LogP contribution < -0.4 is 10.1 Å². The van der Waals surface area contributed by atoms with Gasteiger partial charge in [0.05, 0.1) is 12.3 Å². The number of rotatable bonds is 6. The average Bonchev–Trinajstić information content (AvgIpc) is 2.44. The van der Waals surface area contributed by atoms with E-state index in [9.17, 15) is 0 Å². The van der Waals surface area contributed by atoms with Crippen molar-refractivity contribution in [2.24, 2.45) is 0 Å². The Labute approximate surface area is 122 Å². The van der Waals surface area contributed by atoms with Crippen molar-refractivity contribution in [3.63, 3.8) is 0 Å². The van der Waals surface area contributed by atoms with E-state index in [1.807, 2.05) is 30.5 Å². The third-order valence-corrected chi connectivity index (χ3v) is 3.03. The summed E-state index contributed by atoms with van der Waals surface area (Å²) in [5.74, 6) is 0.896. The first-order valence-electron chi connectivity index (χ1n) is 6.34. The van der Waals surface area contributed by atoms with Crippen LogP contribution in [0.3, 0.4) is 0 Å². The van der Waals surface area contributed by atoms with Gasteiger partial charge in [-0.05, 0) is 46.1 Å². The third-order valence-electron chi connectivity index (χ3n) is 2.59. The Hall–Kier alpha value is -1.55. The molecule has 3 nitrogen and oxygen atoms in total. The quantitative estimate of drug-likeness (QED) is 0.864. The van der Waals surface area contributed by atoms with E-state index < -0.39 is 0 Å². The summed E-state index contributed by atoms with van der Waals surface area (Å²) in [5, 5.41) is 3.38. The lowest BCUT2D eigenvalue weighted by Crippen LogP contribution is -2.03. The van der Waals surface area contributed by atoms with Gasteiger partial charge in [-0.1, -0.05) is 19.1 Å². The first-order valence-corrected chi connectivity index (χ1v) is 7.14. The van der Waals surface area contributed by atoms with Crippen LogP contribution >= 0.6 is 15.9 Å². The molecule has 0 unspecified atom stereocenters. The number of halogens is 1. The summed E-state index contributed by atoms with van der Waals surface area (Å²) >= 11 is 3.42. The van der Waals surface area contributed by atoms with Crippen LogP contribution in [0.2, 0.25) is 0 Å². The third kappa shape index (κ3) is 4.24. The molecule has 0 aliphatic rings. The Morgan fingerprint density at radius 3 is 2.89 bits per heavy atom. The van der Waals surface area contributed by atoms with Gasteiger partial charge in [-0.25, -0.2) is 0 Å². The van der Waals surface area contributed by atoms with Gasteiger partial charge >= 0.3 is 0 Å². The molecule has 0 aliphatic carbocycles. The highest BCUT2D eigenvalue weighted by Gasteiger charge is 2.02. The molecule has 0 aliphatic heterocycles. The molecule has 2 aromatic rings. The largest absolute Gasteiger partial charge is 0.491 e. The van der Waals surface area contributed by atoms with E-state index in [1.165, 1.54) is 0 Å². The lowest BCUT2D eigenvalue weighted by molar-refractivity contribution is 0.319. The molecule has 19 heavy (non-hydrogen) atoms. The Morgan fingerprint density at radius 2 is 2.11 bits per heavy atom. The van der Waals surface area contributed by atoms with Crippen LogP contribution in [-0.4, -0.2) is 11.6 Å². The van der Waals surface area contributed by atoms with Crippen molar-refractivity contribution in [2.45, 2.75) is 19.9 Å². The van der Waals surface area contributed by atoms with Crippen molar-refractivity contribution in [2.75, 3.05) is 11.9 Å². The van der Waals surface area contributed by atoms with Gasteiger partial charge < -0.3 is 10.1 Å². The van der Waals surface area contributed by atoms with Crippen LogP contribution in [0.1, 0.15) is 18.9 Å². The van der Waals surface area contributed by atoms with E-state index in [4.69, 9.17) is 4.74 Å². The Morgan fingerprint density at radius 1 is 1.26 bits per heavy atom. The van der Waals surface area contributed by atoms with Crippen LogP contribution in [0.5, 0.6) is 5.75 Å². The molecular weight excluding hydrogens is 304 g/mol. The van der Waals surface area contributed by atoms with E-state index in [0.29, 0.717) is 0 Å². The van der Waals surface area contributed by atoms with E-state index in [-0.39, 0.29) is 0 Å². The SMILES string of the molecule is CCCOc1ccccc1NCc1cncc(Br)c1. The minimum atomic E-state index is 0.721. The summed E-state index contributed by atoms with van der Waals surface area (Å²) in [4.78, 5) is 4.15. The molecule has 1 aromatic heterocycles. The van der Waals surface area contributed by atoms with Gasteiger partial charge in [0.25, 0.3) is 0 Å². The van der Waals surface area contributed by atoms with Crippen LogP contribution in [0.15, 0.2) is 47.2 Å². The first-order chi connectivity index (χ1) is 9.29. The Balaban J connectivity index is 2.02. The van der Waals surface area contributed by atoms with Crippen molar-refractivity contribution in [1.29, 1.82) is 0 Å². The van der Waals surface area contributed by atoms with Gasteiger partial charge in [0.15, 0.2) is 0 Å². The summed E-state index contributed by atoms with van der Waals surface area (Å²) in [6.45, 7) is 3.55. The van der Waals surface area contributed by atoms with Crippen molar-refractivity contribution < 1.29 is 4.74 Å². The number of nitrogens with zero attached hydrogens (tertiary/aromatic N) is 1. The predicted octanol–water partition coefficient (Wildman–Crippen LogP) is 4.25. The average molecular weight is 321 g/mol. The Kier molecular flexibility index (Phi) is 5.21. The van der Waals surface area contributed by atoms with Gasteiger partial charge in [-0.3, -0.25) is 4.98 Å². The molecule has 2 rings (SSSR count). The zero-order chi connectivity index (χ0) is 13.5. The van der Waals surface area contributed by atoms with E-state index >= 15 is 0 Å². The van der Waals surface area contributed by atoms with Crippen LogP contribution in [0.25, 0.3) is 0 Å². The zero-order valence-electron chi connectivity index (χ0n) is 10.9. The molecule has 0 spiro atoms. The number of aromatic nitrogens is 1.